The lowest BCUT2D eigenvalue weighted by Crippen LogP contribution is -2.23. The summed E-state index contributed by atoms with van der Waals surface area (Å²) >= 11 is 0. The molecular weight excluding hydrogens is 208 g/mol. The SMILES string of the molecule is Cc1cnccc1CNC(=O)CCC(=O)O. The predicted octanol–water partition coefficient (Wildman–Crippen LogP) is 0.871. The first kappa shape index (κ1) is 12.2. The number of hydrogen-bond donors (Lipinski definition) is 2. The highest BCUT2D eigenvalue weighted by Gasteiger charge is 2.05. The lowest BCUT2D eigenvalue weighted by Gasteiger charge is -2.06. The van der Waals surface area contributed by atoms with E-state index in [1.54, 1.807) is 12.4 Å². The minimum Gasteiger partial charge on any atom is -0.481 e. The van der Waals surface area contributed by atoms with Gasteiger partial charge in [0.2, 0.25) is 5.91 Å². The van der Waals surface area contributed by atoms with Crippen molar-refractivity contribution in [3.8, 4) is 0 Å². The summed E-state index contributed by atoms with van der Waals surface area (Å²) in [5, 5.41) is 11.1. The molecule has 0 aliphatic rings. The van der Waals surface area contributed by atoms with Crippen LogP contribution in [0.3, 0.4) is 0 Å². The number of carboxylic acids is 1. The van der Waals surface area contributed by atoms with E-state index in [4.69, 9.17) is 5.11 Å². The van der Waals surface area contributed by atoms with Gasteiger partial charge in [-0.05, 0) is 24.1 Å². The number of aryl methyl sites for hydroxylation is 1. The lowest BCUT2D eigenvalue weighted by molar-refractivity contribution is -0.138. The Kier molecular flexibility index (Phi) is 4.44. The molecule has 0 saturated carbocycles. The van der Waals surface area contributed by atoms with Gasteiger partial charge in [-0.25, -0.2) is 0 Å². The van der Waals surface area contributed by atoms with Crippen molar-refractivity contribution in [1.82, 2.24) is 10.3 Å². The maximum absolute atomic E-state index is 11.2. The van der Waals surface area contributed by atoms with Crippen molar-refractivity contribution in [3.63, 3.8) is 0 Å². The highest BCUT2D eigenvalue weighted by atomic mass is 16.4. The van der Waals surface area contributed by atoms with Gasteiger partial charge >= 0.3 is 5.97 Å². The zero-order valence-corrected chi connectivity index (χ0v) is 9.06. The van der Waals surface area contributed by atoms with E-state index in [-0.39, 0.29) is 18.7 Å². The number of amides is 1. The zero-order valence-electron chi connectivity index (χ0n) is 9.06. The second-order valence-corrected chi connectivity index (χ2v) is 3.47. The van der Waals surface area contributed by atoms with Crippen molar-refractivity contribution in [2.45, 2.75) is 26.3 Å². The summed E-state index contributed by atoms with van der Waals surface area (Å²) in [6.07, 6.45) is 3.26. The Morgan fingerprint density at radius 2 is 2.19 bits per heavy atom. The predicted molar refractivity (Wildman–Crippen MR) is 57.7 cm³/mol. The van der Waals surface area contributed by atoms with Crippen LogP contribution in [-0.2, 0) is 16.1 Å². The number of aliphatic carboxylic acids is 1. The van der Waals surface area contributed by atoms with Gasteiger partial charge in [0.15, 0.2) is 0 Å². The monoisotopic (exact) mass is 222 g/mol. The Morgan fingerprint density at radius 1 is 1.44 bits per heavy atom. The van der Waals surface area contributed by atoms with Crippen LogP contribution in [0.2, 0.25) is 0 Å². The molecule has 0 aliphatic carbocycles. The second-order valence-electron chi connectivity index (χ2n) is 3.47. The molecule has 5 nitrogen and oxygen atoms in total. The maximum Gasteiger partial charge on any atom is 0.303 e. The summed E-state index contributed by atoms with van der Waals surface area (Å²) in [6.45, 7) is 2.32. The molecule has 0 radical (unpaired) electrons. The molecule has 0 spiro atoms. The molecule has 1 heterocycles. The number of carboxylic acid groups (broad SMARTS) is 1. The highest BCUT2D eigenvalue weighted by molar-refractivity contribution is 5.80. The quantitative estimate of drug-likeness (QED) is 0.774. The molecule has 2 N–H and O–H groups in total. The Balaban J connectivity index is 2.37. The van der Waals surface area contributed by atoms with Crippen molar-refractivity contribution >= 4 is 11.9 Å². The first-order chi connectivity index (χ1) is 7.59. The first-order valence-corrected chi connectivity index (χ1v) is 4.97. The Morgan fingerprint density at radius 3 is 2.81 bits per heavy atom. The summed E-state index contributed by atoms with van der Waals surface area (Å²) in [6, 6.07) is 1.83. The number of nitrogens with zero attached hydrogens (tertiary/aromatic N) is 1. The van der Waals surface area contributed by atoms with Gasteiger partial charge in [0, 0.05) is 25.4 Å². The number of rotatable bonds is 5. The fraction of sp³-hybridized carbons (Fsp3) is 0.364. The molecule has 1 rings (SSSR count). The van der Waals surface area contributed by atoms with E-state index >= 15 is 0 Å². The van der Waals surface area contributed by atoms with E-state index in [0.717, 1.165) is 11.1 Å². The van der Waals surface area contributed by atoms with Gasteiger partial charge in [-0.15, -0.1) is 0 Å². The molecule has 0 fully saturated rings. The molecule has 16 heavy (non-hydrogen) atoms. The number of carbonyl (C=O) groups is 2. The van der Waals surface area contributed by atoms with Crippen LogP contribution in [0, 0.1) is 6.92 Å². The highest BCUT2D eigenvalue weighted by Crippen LogP contribution is 2.04. The molecule has 0 unspecified atom stereocenters. The molecule has 1 aromatic rings. The van der Waals surface area contributed by atoms with Gasteiger partial charge in [-0.3, -0.25) is 14.6 Å². The molecule has 1 amide bonds. The van der Waals surface area contributed by atoms with E-state index in [2.05, 4.69) is 10.3 Å². The van der Waals surface area contributed by atoms with Gasteiger partial charge in [0.05, 0.1) is 6.42 Å². The number of aromatic nitrogens is 1. The van der Waals surface area contributed by atoms with Crippen LogP contribution in [0.1, 0.15) is 24.0 Å². The molecule has 1 aromatic heterocycles. The summed E-state index contributed by atoms with van der Waals surface area (Å²) in [5.41, 5.74) is 1.99. The fourth-order valence-electron chi connectivity index (χ4n) is 1.20. The molecule has 86 valence electrons. The Hall–Kier alpha value is -1.91. The van der Waals surface area contributed by atoms with Gasteiger partial charge in [0.1, 0.15) is 0 Å². The van der Waals surface area contributed by atoms with Crippen LogP contribution >= 0.6 is 0 Å². The number of pyridine rings is 1. The minimum absolute atomic E-state index is 0.0134. The third kappa shape index (κ3) is 4.08. The second kappa shape index (κ2) is 5.85. The van der Waals surface area contributed by atoms with Gasteiger partial charge in [0.25, 0.3) is 0 Å². The van der Waals surface area contributed by atoms with Gasteiger partial charge in [-0.1, -0.05) is 0 Å². The molecule has 0 aliphatic heterocycles. The largest absolute Gasteiger partial charge is 0.481 e. The summed E-state index contributed by atoms with van der Waals surface area (Å²) in [5.74, 6) is -1.21. The van der Waals surface area contributed by atoms with E-state index in [9.17, 15) is 9.59 Å². The summed E-state index contributed by atoms with van der Waals surface area (Å²) in [4.78, 5) is 25.4. The average Bonchev–Trinajstić information content (AvgIpc) is 2.25. The number of hydrogen-bond acceptors (Lipinski definition) is 3. The molecular formula is C11H14N2O3. The first-order valence-electron chi connectivity index (χ1n) is 4.97. The summed E-state index contributed by atoms with van der Waals surface area (Å²) < 4.78 is 0. The van der Waals surface area contributed by atoms with Crippen LogP contribution in [-0.4, -0.2) is 22.0 Å². The Labute approximate surface area is 93.5 Å². The van der Waals surface area contributed by atoms with Crippen LogP contribution in [0.4, 0.5) is 0 Å². The Bertz CT molecular complexity index is 391. The normalized spacial score (nSPS) is 9.81. The standard InChI is InChI=1S/C11H14N2O3/c1-8-6-12-5-4-9(8)7-13-10(14)2-3-11(15)16/h4-6H,2-3,7H2,1H3,(H,13,14)(H,15,16). The minimum atomic E-state index is -0.963. The molecule has 0 aromatic carbocycles. The van der Waals surface area contributed by atoms with Crippen molar-refractivity contribution in [1.29, 1.82) is 0 Å². The van der Waals surface area contributed by atoms with Gasteiger partial charge < -0.3 is 10.4 Å². The smallest absolute Gasteiger partial charge is 0.303 e. The topological polar surface area (TPSA) is 79.3 Å². The third-order valence-corrected chi connectivity index (χ3v) is 2.18. The third-order valence-electron chi connectivity index (χ3n) is 2.18. The van der Waals surface area contributed by atoms with Crippen LogP contribution < -0.4 is 5.32 Å². The van der Waals surface area contributed by atoms with E-state index in [0.29, 0.717) is 6.54 Å². The van der Waals surface area contributed by atoms with Crippen LogP contribution in [0.15, 0.2) is 18.5 Å². The van der Waals surface area contributed by atoms with Crippen molar-refractivity contribution in [3.05, 3.63) is 29.6 Å². The van der Waals surface area contributed by atoms with E-state index < -0.39 is 5.97 Å². The zero-order chi connectivity index (χ0) is 12.0. The van der Waals surface area contributed by atoms with E-state index in [1.807, 2.05) is 13.0 Å². The number of carbonyl (C=O) groups excluding carboxylic acids is 1. The van der Waals surface area contributed by atoms with Crippen molar-refractivity contribution < 1.29 is 14.7 Å². The lowest BCUT2D eigenvalue weighted by atomic mass is 10.1. The molecule has 5 heteroatoms. The maximum atomic E-state index is 11.2. The molecule has 0 atom stereocenters. The fourth-order valence-corrected chi connectivity index (χ4v) is 1.20. The van der Waals surface area contributed by atoms with Crippen LogP contribution in [0.25, 0.3) is 0 Å². The van der Waals surface area contributed by atoms with E-state index in [1.165, 1.54) is 0 Å². The summed E-state index contributed by atoms with van der Waals surface area (Å²) in [7, 11) is 0. The van der Waals surface area contributed by atoms with Gasteiger partial charge in [-0.2, -0.15) is 0 Å². The average molecular weight is 222 g/mol. The van der Waals surface area contributed by atoms with Crippen molar-refractivity contribution in [2.24, 2.45) is 0 Å². The molecule has 0 saturated heterocycles. The van der Waals surface area contributed by atoms with Crippen molar-refractivity contribution in [2.75, 3.05) is 0 Å². The number of nitrogens with one attached hydrogen (secondary N) is 1. The van der Waals surface area contributed by atoms with Crippen LogP contribution in [0.5, 0.6) is 0 Å². The molecule has 0 bridgehead atoms.